The van der Waals surface area contributed by atoms with Crippen molar-refractivity contribution in [3.63, 3.8) is 0 Å². The highest BCUT2D eigenvalue weighted by Gasteiger charge is 2.18. The normalized spacial score (nSPS) is 12.1. The molecule has 6 heteroatoms. The third-order valence-corrected chi connectivity index (χ3v) is 4.66. The lowest BCUT2D eigenvalue weighted by Crippen LogP contribution is -2.34. The molecule has 2 aromatic carbocycles. The van der Waals surface area contributed by atoms with Gasteiger partial charge < -0.3 is 10.1 Å². The fourth-order valence-electron chi connectivity index (χ4n) is 3.20. The maximum absolute atomic E-state index is 12.9. The van der Waals surface area contributed by atoms with Gasteiger partial charge in [0.15, 0.2) is 0 Å². The monoisotopic (exact) mass is 379 g/mol. The van der Waals surface area contributed by atoms with Crippen molar-refractivity contribution in [2.45, 2.75) is 32.4 Å². The number of carbonyl (C=O) groups excluding carboxylic acids is 1. The summed E-state index contributed by atoms with van der Waals surface area (Å²) in [6.45, 7) is 2.62. The summed E-state index contributed by atoms with van der Waals surface area (Å²) in [4.78, 5) is 30.0. The molecule has 1 amide bonds. The Morgan fingerprint density at radius 3 is 2.61 bits per heavy atom. The van der Waals surface area contributed by atoms with Gasteiger partial charge in [-0.3, -0.25) is 14.2 Å². The molecule has 0 aliphatic carbocycles. The summed E-state index contributed by atoms with van der Waals surface area (Å²) < 4.78 is 6.73. The van der Waals surface area contributed by atoms with E-state index >= 15 is 0 Å². The van der Waals surface area contributed by atoms with Crippen LogP contribution in [0.3, 0.4) is 0 Å². The molecule has 0 spiro atoms. The number of hydrogen-bond donors (Lipinski definition) is 1. The predicted octanol–water partition coefficient (Wildman–Crippen LogP) is 2.85. The number of ether oxygens (including phenoxy) is 1. The quantitative estimate of drug-likeness (QED) is 0.653. The Morgan fingerprint density at radius 2 is 1.86 bits per heavy atom. The fraction of sp³-hybridized carbons (Fsp3) is 0.318. The van der Waals surface area contributed by atoms with E-state index in [0.29, 0.717) is 42.7 Å². The van der Waals surface area contributed by atoms with E-state index in [1.165, 1.54) is 0 Å². The van der Waals surface area contributed by atoms with Crippen molar-refractivity contribution < 1.29 is 9.53 Å². The molecule has 3 rings (SSSR count). The van der Waals surface area contributed by atoms with Crippen LogP contribution in [0, 0.1) is 0 Å². The molecule has 1 atom stereocenters. The number of aryl methyl sites for hydroxylation is 1. The maximum atomic E-state index is 12.9. The van der Waals surface area contributed by atoms with Crippen LogP contribution in [0.4, 0.5) is 0 Å². The Bertz CT molecular complexity index is 999. The molecule has 1 N–H and O–H groups in total. The summed E-state index contributed by atoms with van der Waals surface area (Å²) in [6, 6.07) is 16.7. The summed E-state index contributed by atoms with van der Waals surface area (Å²) in [6.07, 6.45) is 1.05. The number of hydrogen-bond acceptors (Lipinski definition) is 4. The van der Waals surface area contributed by atoms with Crippen LogP contribution in [0.1, 0.15) is 30.8 Å². The maximum Gasteiger partial charge on any atom is 0.261 e. The molecule has 146 valence electrons. The van der Waals surface area contributed by atoms with E-state index in [9.17, 15) is 9.59 Å². The van der Waals surface area contributed by atoms with Gasteiger partial charge in [-0.25, -0.2) is 4.98 Å². The molecule has 1 aromatic heterocycles. The molecule has 0 aliphatic rings. The average Bonchev–Trinajstić information content (AvgIpc) is 2.72. The molecule has 6 nitrogen and oxygen atoms in total. The number of nitrogens with zero attached hydrogens (tertiary/aromatic N) is 2. The number of aromatic nitrogens is 2. The first kappa shape index (κ1) is 19.8. The van der Waals surface area contributed by atoms with Crippen LogP contribution >= 0.6 is 0 Å². The lowest BCUT2D eigenvalue weighted by atomic mass is 10.1. The van der Waals surface area contributed by atoms with Crippen molar-refractivity contribution in [3.05, 3.63) is 76.3 Å². The predicted molar refractivity (Wildman–Crippen MR) is 109 cm³/mol. The number of benzene rings is 2. The molecule has 0 fully saturated rings. The molecule has 28 heavy (non-hydrogen) atoms. The van der Waals surface area contributed by atoms with E-state index in [2.05, 4.69) is 10.3 Å². The number of nitrogens with one attached hydrogen (secondary N) is 1. The second-order valence-corrected chi connectivity index (χ2v) is 6.71. The third kappa shape index (κ3) is 4.64. The summed E-state index contributed by atoms with van der Waals surface area (Å²) >= 11 is 0. The van der Waals surface area contributed by atoms with Crippen molar-refractivity contribution in [1.29, 1.82) is 0 Å². The lowest BCUT2D eigenvalue weighted by molar-refractivity contribution is -0.121. The molecule has 0 bridgehead atoms. The van der Waals surface area contributed by atoms with Crippen molar-refractivity contribution >= 4 is 16.8 Å². The first-order valence-corrected chi connectivity index (χ1v) is 9.42. The highest BCUT2D eigenvalue weighted by atomic mass is 16.5. The van der Waals surface area contributed by atoms with E-state index in [0.717, 1.165) is 5.56 Å². The highest BCUT2D eigenvalue weighted by molar-refractivity contribution is 5.78. The van der Waals surface area contributed by atoms with Gasteiger partial charge in [0, 0.05) is 13.5 Å². The van der Waals surface area contributed by atoms with Gasteiger partial charge in [0.2, 0.25) is 5.91 Å². The van der Waals surface area contributed by atoms with Gasteiger partial charge in [-0.05, 0) is 31.0 Å². The van der Waals surface area contributed by atoms with E-state index in [1.807, 2.05) is 55.5 Å². The van der Waals surface area contributed by atoms with Crippen LogP contribution in [-0.4, -0.2) is 29.2 Å². The zero-order chi connectivity index (χ0) is 19.9. The Morgan fingerprint density at radius 1 is 1.14 bits per heavy atom. The smallest absolute Gasteiger partial charge is 0.261 e. The third-order valence-electron chi connectivity index (χ3n) is 4.66. The standard InChI is InChI=1S/C22H25N3O3/c1-16(23-20(26)13-12-17-8-4-3-5-9-17)21-24-19-11-7-6-10-18(19)22(27)25(21)14-15-28-2/h3-11,16H,12-15H2,1-2H3,(H,23,26)/t16-/m1/s1. The summed E-state index contributed by atoms with van der Waals surface area (Å²) in [5, 5.41) is 3.53. The molecule has 0 radical (unpaired) electrons. The number of carbonyl (C=O) groups is 1. The topological polar surface area (TPSA) is 73.2 Å². The molecule has 0 unspecified atom stereocenters. The fourth-order valence-corrected chi connectivity index (χ4v) is 3.20. The van der Waals surface area contributed by atoms with Gasteiger partial charge in [-0.2, -0.15) is 0 Å². The Kier molecular flexibility index (Phi) is 6.55. The molecule has 0 aliphatic heterocycles. The summed E-state index contributed by atoms with van der Waals surface area (Å²) in [5.74, 6) is 0.464. The van der Waals surface area contributed by atoms with Gasteiger partial charge in [0.1, 0.15) is 5.82 Å². The zero-order valence-corrected chi connectivity index (χ0v) is 16.2. The second kappa shape index (κ2) is 9.28. The van der Waals surface area contributed by atoms with E-state index in [4.69, 9.17) is 4.74 Å². The Hall–Kier alpha value is -2.99. The van der Waals surface area contributed by atoms with E-state index < -0.39 is 6.04 Å². The number of methoxy groups -OCH3 is 1. The Balaban J connectivity index is 1.80. The zero-order valence-electron chi connectivity index (χ0n) is 16.2. The highest BCUT2D eigenvalue weighted by Crippen LogP contribution is 2.14. The summed E-state index contributed by atoms with van der Waals surface area (Å²) in [7, 11) is 1.59. The van der Waals surface area contributed by atoms with Crippen molar-refractivity contribution in [2.75, 3.05) is 13.7 Å². The van der Waals surface area contributed by atoms with Crippen LogP contribution in [0.5, 0.6) is 0 Å². The van der Waals surface area contributed by atoms with Gasteiger partial charge in [-0.15, -0.1) is 0 Å². The van der Waals surface area contributed by atoms with Crippen molar-refractivity contribution in [2.24, 2.45) is 0 Å². The minimum absolute atomic E-state index is 0.0722. The molecule has 3 aromatic rings. The van der Waals surface area contributed by atoms with Crippen LogP contribution < -0.4 is 10.9 Å². The minimum Gasteiger partial charge on any atom is -0.383 e. The molecular formula is C22H25N3O3. The first-order valence-electron chi connectivity index (χ1n) is 9.42. The number of para-hydroxylation sites is 1. The lowest BCUT2D eigenvalue weighted by Gasteiger charge is -2.19. The number of fused-ring (bicyclic) bond motifs is 1. The molecule has 0 saturated carbocycles. The number of rotatable bonds is 8. The SMILES string of the molecule is COCCn1c([C@@H](C)NC(=O)CCc2ccccc2)nc2ccccc2c1=O. The van der Waals surface area contributed by atoms with E-state index in [1.54, 1.807) is 17.7 Å². The largest absolute Gasteiger partial charge is 0.383 e. The molecule has 0 saturated heterocycles. The average molecular weight is 379 g/mol. The van der Waals surface area contributed by atoms with Crippen LogP contribution in [0.15, 0.2) is 59.4 Å². The van der Waals surface area contributed by atoms with Gasteiger partial charge in [0.25, 0.3) is 5.56 Å². The second-order valence-electron chi connectivity index (χ2n) is 6.71. The van der Waals surface area contributed by atoms with E-state index in [-0.39, 0.29) is 11.5 Å². The van der Waals surface area contributed by atoms with Gasteiger partial charge >= 0.3 is 0 Å². The van der Waals surface area contributed by atoms with Gasteiger partial charge in [0.05, 0.1) is 30.1 Å². The van der Waals surface area contributed by atoms with Crippen LogP contribution in [0.25, 0.3) is 10.9 Å². The number of amides is 1. The van der Waals surface area contributed by atoms with Crippen molar-refractivity contribution in [3.8, 4) is 0 Å². The van der Waals surface area contributed by atoms with Crippen LogP contribution in [0.2, 0.25) is 0 Å². The molecular weight excluding hydrogens is 354 g/mol. The molecule has 1 heterocycles. The minimum atomic E-state index is -0.391. The first-order chi connectivity index (χ1) is 13.6. The van der Waals surface area contributed by atoms with Crippen LogP contribution in [-0.2, 0) is 22.5 Å². The Labute approximate surface area is 164 Å². The van der Waals surface area contributed by atoms with Gasteiger partial charge in [-0.1, -0.05) is 42.5 Å². The summed E-state index contributed by atoms with van der Waals surface area (Å²) in [5.41, 5.74) is 1.62. The van der Waals surface area contributed by atoms with Crippen molar-refractivity contribution in [1.82, 2.24) is 14.9 Å².